The standard InChI is InChI=1S/C20H20ClN3O3S/c1-13(19(25)14-4-8-16(26-3)9-5-14)28-20-23-22-18(24(20)2)12-27-17-10-6-15(21)7-11-17/h4-11,13H,12H2,1-3H3/t13-/m1/s1. The van der Waals surface area contributed by atoms with E-state index in [1.807, 2.05) is 18.5 Å². The van der Waals surface area contributed by atoms with Crippen molar-refractivity contribution in [1.29, 1.82) is 0 Å². The fraction of sp³-hybridized carbons (Fsp3) is 0.250. The first kappa shape index (κ1) is 20.2. The Balaban J connectivity index is 1.62. The zero-order valence-electron chi connectivity index (χ0n) is 15.8. The Kier molecular flexibility index (Phi) is 6.59. The maximum atomic E-state index is 12.7. The Morgan fingerprint density at radius 2 is 1.75 bits per heavy atom. The number of rotatable bonds is 8. The highest BCUT2D eigenvalue weighted by molar-refractivity contribution is 8.00. The van der Waals surface area contributed by atoms with Gasteiger partial charge in [0, 0.05) is 17.6 Å². The summed E-state index contributed by atoms with van der Waals surface area (Å²) in [6.07, 6.45) is 0. The molecule has 3 aromatic rings. The first-order valence-corrected chi connectivity index (χ1v) is 9.85. The lowest BCUT2D eigenvalue weighted by atomic mass is 10.1. The average Bonchev–Trinajstić information content (AvgIpc) is 3.06. The molecule has 28 heavy (non-hydrogen) atoms. The van der Waals surface area contributed by atoms with Crippen LogP contribution in [0, 0.1) is 0 Å². The van der Waals surface area contributed by atoms with Gasteiger partial charge in [-0.15, -0.1) is 10.2 Å². The second-order valence-corrected chi connectivity index (χ2v) is 7.80. The summed E-state index contributed by atoms with van der Waals surface area (Å²) in [5.41, 5.74) is 0.634. The lowest BCUT2D eigenvalue weighted by Crippen LogP contribution is -2.14. The van der Waals surface area contributed by atoms with Crippen molar-refractivity contribution in [3.8, 4) is 11.5 Å². The molecule has 1 heterocycles. The lowest BCUT2D eigenvalue weighted by Gasteiger charge is -2.11. The number of thioether (sulfide) groups is 1. The summed E-state index contributed by atoms with van der Waals surface area (Å²) < 4.78 is 12.7. The molecular weight excluding hydrogens is 398 g/mol. The van der Waals surface area contributed by atoms with Crippen LogP contribution in [0.3, 0.4) is 0 Å². The summed E-state index contributed by atoms with van der Waals surface area (Å²) in [6.45, 7) is 2.13. The van der Waals surface area contributed by atoms with Crippen LogP contribution < -0.4 is 9.47 Å². The molecule has 0 aliphatic heterocycles. The van der Waals surface area contributed by atoms with E-state index in [9.17, 15) is 4.79 Å². The number of Topliss-reactive ketones (excluding diaryl/α,β-unsaturated/α-hetero) is 1. The van der Waals surface area contributed by atoms with Crippen LogP contribution in [0.5, 0.6) is 11.5 Å². The smallest absolute Gasteiger partial charge is 0.191 e. The van der Waals surface area contributed by atoms with Gasteiger partial charge in [0.1, 0.15) is 18.1 Å². The van der Waals surface area contributed by atoms with Gasteiger partial charge in [0.2, 0.25) is 0 Å². The summed E-state index contributed by atoms with van der Waals surface area (Å²) in [4.78, 5) is 12.7. The van der Waals surface area contributed by atoms with Crippen LogP contribution in [-0.4, -0.2) is 32.9 Å². The van der Waals surface area contributed by atoms with Gasteiger partial charge >= 0.3 is 0 Å². The third-order valence-corrected chi connectivity index (χ3v) is 5.52. The SMILES string of the molecule is COc1ccc(C(=O)[C@@H](C)Sc2nnc(COc3ccc(Cl)cc3)n2C)cc1. The number of carbonyl (C=O) groups is 1. The highest BCUT2D eigenvalue weighted by atomic mass is 35.5. The topological polar surface area (TPSA) is 66.2 Å². The van der Waals surface area contributed by atoms with Crippen LogP contribution >= 0.6 is 23.4 Å². The monoisotopic (exact) mass is 417 g/mol. The summed E-state index contributed by atoms with van der Waals surface area (Å²) in [5.74, 6) is 2.11. The summed E-state index contributed by atoms with van der Waals surface area (Å²) in [5, 5.41) is 9.36. The maximum absolute atomic E-state index is 12.7. The van der Waals surface area contributed by atoms with Crippen LogP contribution in [0.1, 0.15) is 23.1 Å². The molecule has 1 atom stereocenters. The normalized spacial score (nSPS) is 11.9. The molecule has 0 amide bonds. The minimum absolute atomic E-state index is 0.0228. The number of methoxy groups -OCH3 is 1. The Morgan fingerprint density at radius 1 is 1.11 bits per heavy atom. The van der Waals surface area contributed by atoms with E-state index in [1.165, 1.54) is 11.8 Å². The van der Waals surface area contributed by atoms with E-state index in [2.05, 4.69) is 10.2 Å². The summed E-state index contributed by atoms with van der Waals surface area (Å²) in [7, 11) is 3.45. The molecule has 0 aliphatic rings. The molecule has 0 fully saturated rings. The van der Waals surface area contributed by atoms with Crippen molar-refractivity contribution in [3.63, 3.8) is 0 Å². The molecule has 0 N–H and O–H groups in total. The van der Waals surface area contributed by atoms with Gasteiger partial charge in [0.25, 0.3) is 0 Å². The van der Waals surface area contributed by atoms with Crippen molar-refractivity contribution in [2.75, 3.05) is 7.11 Å². The van der Waals surface area contributed by atoms with E-state index in [-0.39, 0.29) is 17.6 Å². The number of ketones is 1. The van der Waals surface area contributed by atoms with Crippen molar-refractivity contribution in [2.24, 2.45) is 7.05 Å². The first-order chi connectivity index (χ1) is 13.5. The number of hydrogen-bond donors (Lipinski definition) is 0. The molecule has 3 rings (SSSR count). The summed E-state index contributed by atoms with van der Waals surface area (Å²) >= 11 is 7.24. The quantitative estimate of drug-likeness (QED) is 0.399. The molecule has 0 unspecified atom stereocenters. The Labute approximate surface area is 172 Å². The number of hydrogen-bond acceptors (Lipinski definition) is 6. The van der Waals surface area contributed by atoms with Crippen molar-refractivity contribution >= 4 is 29.1 Å². The second-order valence-electron chi connectivity index (χ2n) is 6.05. The fourth-order valence-corrected chi connectivity index (χ4v) is 3.49. The first-order valence-electron chi connectivity index (χ1n) is 8.59. The number of halogens is 1. The van der Waals surface area contributed by atoms with Gasteiger partial charge in [-0.3, -0.25) is 4.79 Å². The molecule has 8 heteroatoms. The number of ether oxygens (including phenoxy) is 2. The van der Waals surface area contributed by atoms with Crippen molar-refractivity contribution < 1.29 is 14.3 Å². The number of benzene rings is 2. The molecule has 0 saturated heterocycles. The van der Waals surface area contributed by atoms with E-state index in [0.29, 0.717) is 27.3 Å². The average molecular weight is 418 g/mol. The summed E-state index contributed by atoms with van der Waals surface area (Å²) in [6, 6.07) is 14.2. The number of nitrogens with zero attached hydrogens (tertiary/aromatic N) is 3. The molecule has 0 saturated carbocycles. The van der Waals surface area contributed by atoms with E-state index >= 15 is 0 Å². The van der Waals surface area contributed by atoms with E-state index < -0.39 is 0 Å². The molecule has 6 nitrogen and oxygen atoms in total. The van der Waals surface area contributed by atoms with Crippen LogP contribution in [0.15, 0.2) is 53.7 Å². The molecule has 1 aromatic heterocycles. The van der Waals surface area contributed by atoms with E-state index in [4.69, 9.17) is 21.1 Å². The highest BCUT2D eigenvalue weighted by Gasteiger charge is 2.20. The third-order valence-electron chi connectivity index (χ3n) is 4.13. The number of carbonyl (C=O) groups excluding carboxylic acids is 1. The van der Waals surface area contributed by atoms with Crippen LogP contribution in [0.2, 0.25) is 5.02 Å². The van der Waals surface area contributed by atoms with Gasteiger partial charge < -0.3 is 14.0 Å². The van der Waals surface area contributed by atoms with Crippen LogP contribution in [0.4, 0.5) is 0 Å². The van der Waals surface area contributed by atoms with Crippen molar-refractivity contribution in [3.05, 3.63) is 64.9 Å². The van der Waals surface area contributed by atoms with Gasteiger partial charge in [-0.05, 0) is 55.5 Å². The largest absolute Gasteiger partial charge is 0.497 e. The van der Waals surface area contributed by atoms with Gasteiger partial charge in [0.15, 0.2) is 16.8 Å². The molecule has 2 aromatic carbocycles. The predicted octanol–water partition coefficient (Wildman–Crippen LogP) is 4.42. The molecular formula is C20H20ClN3O3S. The molecule has 0 radical (unpaired) electrons. The predicted molar refractivity (Wildman–Crippen MR) is 109 cm³/mol. The zero-order valence-corrected chi connectivity index (χ0v) is 17.3. The molecule has 0 aliphatic carbocycles. The number of aromatic nitrogens is 3. The van der Waals surface area contributed by atoms with E-state index in [0.717, 1.165) is 5.75 Å². The molecule has 0 spiro atoms. The minimum Gasteiger partial charge on any atom is -0.497 e. The van der Waals surface area contributed by atoms with Crippen LogP contribution in [0.25, 0.3) is 0 Å². The van der Waals surface area contributed by atoms with Crippen LogP contribution in [-0.2, 0) is 13.7 Å². The van der Waals surface area contributed by atoms with Crippen molar-refractivity contribution in [1.82, 2.24) is 14.8 Å². The Morgan fingerprint density at radius 3 is 2.39 bits per heavy atom. The van der Waals surface area contributed by atoms with Gasteiger partial charge in [-0.2, -0.15) is 0 Å². The molecule has 0 bridgehead atoms. The Hall–Kier alpha value is -2.51. The fourth-order valence-electron chi connectivity index (χ4n) is 2.45. The highest BCUT2D eigenvalue weighted by Crippen LogP contribution is 2.25. The van der Waals surface area contributed by atoms with Gasteiger partial charge in [-0.25, -0.2) is 0 Å². The second kappa shape index (κ2) is 9.12. The Bertz CT molecular complexity index is 942. The van der Waals surface area contributed by atoms with Gasteiger partial charge in [-0.1, -0.05) is 23.4 Å². The van der Waals surface area contributed by atoms with E-state index in [1.54, 1.807) is 55.6 Å². The van der Waals surface area contributed by atoms with Crippen molar-refractivity contribution in [2.45, 2.75) is 23.9 Å². The third kappa shape index (κ3) is 4.85. The van der Waals surface area contributed by atoms with Gasteiger partial charge in [0.05, 0.1) is 12.4 Å². The molecule has 146 valence electrons. The maximum Gasteiger partial charge on any atom is 0.191 e. The minimum atomic E-state index is -0.304. The zero-order chi connectivity index (χ0) is 20.1. The lowest BCUT2D eigenvalue weighted by molar-refractivity contribution is 0.0994.